The molecule has 106 valence electrons. The van der Waals surface area contributed by atoms with Crippen LogP contribution in [-0.2, 0) is 13.0 Å². The Kier molecular flexibility index (Phi) is 4.87. The minimum absolute atomic E-state index is 0.225. The van der Waals surface area contributed by atoms with E-state index in [0.29, 0.717) is 6.54 Å². The number of nitrogens with one attached hydrogen (secondary N) is 2. The Morgan fingerprint density at radius 2 is 2.00 bits per heavy atom. The predicted octanol–water partition coefficient (Wildman–Crippen LogP) is 3.22. The molecule has 0 fully saturated rings. The van der Waals surface area contributed by atoms with Crippen LogP contribution in [0, 0.1) is 5.82 Å². The van der Waals surface area contributed by atoms with E-state index in [-0.39, 0.29) is 5.82 Å². The molecule has 0 aliphatic heterocycles. The molecule has 0 saturated carbocycles. The largest absolute Gasteiger partial charge is 0.373 e. The fourth-order valence-corrected chi connectivity index (χ4v) is 2.10. The standard InChI is InChI=1S/C15H19FN4/c1-3-5-13-14(17-2)19-10-20-15(13)18-9-11-6-4-7-12(16)8-11/h4,6-8,10H,3,5,9H2,1-2H3,(H2,17,18,19,20). The fraction of sp³-hybridized carbons (Fsp3) is 0.333. The van der Waals surface area contributed by atoms with Crippen LogP contribution in [0.5, 0.6) is 0 Å². The molecule has 0 spiro atoms. The van der Waals surface area contributed by atoms with Crippen LogP contribution < -0.4 is 10.6 Å². The first-order valence-electron chi connectivity index (χ1n) is 6.74. The highest BCUT2D eigenvalue weighted by Gasteiger charge is 2.09. The molecule has 0 unspecified atom stereocenters. The Balaban J connectivity index is 2.16. The van der Waals surface area contributed by atoms with Crippen LogP contribution in [0.4, 0.5) is 16.0 Å². The third-order valence-corrected chi connectivity index (χ3v) is 3.03. The zero-order chi connectivity index (χ0) is 14.4. The van der Waals surface area contributed by atoms with E-state index in [9.17, 15) is 4.39 Å². The number of benzene rings is 1. The average Bonchev–Trinajstić information content (AvgIpc) is 2.46. The fourth-order valence-electron chi connectivity index (χ4n) is 2.10. The van der Waals surface area contributed by atoms with Crippen LogP contribution in [0.15, 0.2) is 30.6 Å². The molecule has 0 aliphatic rings. The number of rotatable bonds is 6. The summed E-state index contributed by atoms with van der Waals surface area (Å²) in [5.74, 6) is 1.41. The minimum Gasteiger partial charge on any atom is -0.373 e. The van der Waals surface area contributed by atoms with Gasteiger partial charge in [0.2, 0.25) is 0 Å². The summed E-state index contributed by atoms with van der Waals surface area (Å²) >= 11 is 0. The van der Waals surface area contributed by atoms with E-state index in [1.165, 1.54) is 18.5 Å². The monoisotopic (exact) mass is 274 g/mol. The minimum atomic E-state index is -0.225. The van der Waals surface area contributed by atoms with Crippen molar-refractivity contribution in [1.29, 1.82) is 0 Å². The number of halogens is 1. The molecule has 0 radical (unpaired) electrons. The zero-order valence-electron chi connectivity index (χ0n) is 11.8. The van der Waals surface area contributed by atoms with Gasteiger partial charge in [0.25, 0.3) is 0 Å². The van der Waals surface area contributed by atoms with Gasteiger partial charge in [-0.25, -0.2) is 14.4 Å². The molecule has 2 N–H and O–H groups in total. The summed E-state index contributed by atoms with van der Waals surface area (Å²) in [6.45, 7) is 2.65. The molecule has 0 atom stereocenters. The zero-order valence-corrected chi connectivity index (χ0v) is 11.8. The van der Waals surface area contributed by atoms with Gasteiger partial charge in [-0.2, -0.15) is 0 Å². The second kappa shape index (κ2) is 6.84. The van der Waals surface area contributed by atoms with E-state index in [0.717, 1.165) is 35.6 Å². The van der Waals surface area contributed by atoms with Crippen molar-refractivity contribution in [2.75, 3.05) is 17.7 Å². The second-order valence-electron chi connectivity index (χ2n) is 4.53. The van der Waals surface area contributed by atoms with Crippen molar-refractivity contribution in [3.8, 4) is 0 Å². The van der Waals surface area contributed by atoms with Crippen LogP contribution >= 0.6 is 0 Å². The Labute approximate surface area is 118 Å². The summed E-state index contributed by atoms with van der Waals surface area (Å²) in [5.41, 5.74) is 1.95. The summed E-state index contributed by atoms with van der Waals surface area (Å²) in [6.07, 6.45) is 3.43. The summed E-state index contributed by atoms with van der Waals surface area (Å²) in [7, 11) is 1.85. The van der Waals surface area contributed by atoms with Crippen molar-refractivity contribution in [3.63, 3.8) is 0 Å². The van der Waals surface area contributed by atoms with Crippen LogP contribution in [-0.4, -0.2) is 17.0 Å². The van der Waals surface area contributed by atoms with Gasteiger partial charge in [-0.3, -0.25) is 0 Å². The van der Waals surface area contributed by atoms with E-state index < -0.39 is 0 Å². The van der Waals surface area contributed by atoms with Gasteiger partial charge >= 0.3 is 0 Å². The maximum absolute atomic E-state index is 13.1. The number of aromatic nitrogens is 2. The van der Waals surface area contributed by atoms with Gasteiger partial charge in [0.1, 0.15) is 23.8 Å². The van der Waals surface area contributed by atoms with Crippen molar-refractivity contribution >= 4 is 11.6 Å². The molecule has 0 bridgehead atoms. The molecular formula is C15H19FN4. The molecule has 0 aliphatic carbocycles. The third-order valence-electron chi connectivity index (χ3n) is 3.03. The van der Waals surface area contributed by atoms with Crippen LogP contribution in [0.25, 0.3) is 0 Å². The van der Waals surface area contributed by atoms with E-state index in [1.54, 1.807) is 6.07 Å². The van der Waals surface area contributed by atoms with Gasteiger partial charge < -0.3 is 10.6 Å². The summed E-state index contributed by atoms with van der Waals surface area (Å²) < 4.78 is 13.1. The molecule has 5 heteroatoms. The van der Waals surface area contributed by atoms with Crippen LogP contribution in [0.3, 0.4) is 0 Å². The van der Waals surface area contributed by atoms with Crippen LogP contribution in [0.1, 0.15) is 24.5 Å². The SMILES string of the molecule is CCCc1c(NC)ncnc1NCc1cccc(F)c1. The Bertz CT molecular complexity index is 572. The van der Waals surface area contributed by atoms with Crippen LogP contribution in [0.2, 0.25) is 0 Å². The number of hydrogen-bond acceptors (Lipinski definition) is 4. The Morgan fingerprint density at radius 3 is 2.70 bits per heavy atom. The third kappa shape index (κ3) is 3.44. The quantitative estimate of drug-likeness (QED) is 0.849. The topological polar surface area (TPSA) is 49.8 Å². The lowest BCUT2D eigenvalue weighted by atomic mass is 10.1. The lowest BCUT2D eigenvalue weighted by molar-refractivity contribution is 0.626. The normalized spacial score (nSPS) is 10.3. The maximum Gasteiger partial charge on any atom is 0.134 e. The van der Waals surface area contributed by atoms with Crippen molar-refractivity contribution < 1.29 is 4.39 Å². The van der Waals surface area contributed by atoms with E-state index in [1.807, 2.05) is 13.1 Å². The number of hydrogen-bond donors (Lipinski definition) is 2. The van der Waals surface area contributed by atoms with E-state index >= 15 is 0 Å². The van der Waals surface area contributed by atoms with E-state index in [2.05, 4.69) is 27.5 Å². The average molecular weight is 274 g/mol. The highest BCUT2D eigenvalue weighted by atomic mass is 19.1. The smallest absolute Gasteiger partial charge is 0.134 e. The molecule has 1 aromatic heterocycles. The van der Waals surface area contributed by atoms with Gasteiger partial charge in [-0.05, 0) is 24.1 Å². The Morgan fingerprint density at radius 1 is 1.20 bits per heavy atom. The second-order valence-corrected chi connectivity index (χ2v) is 4.53. The lowest BCUT2D eigenvalue weighted by Crippen LogP contribution is -2.08. The molecule has 0 amide bonds. The van der Waals surface area contributed by atoms with Crippen molar-refractivity contribution in [2.24, 2.45) is 0 Å². The summed E-state index contributed by atoms with van der Waals surface area (Å²) in [5, 5.41) is 6.34. The van der Waals surface area contributed by atoms with E-state index in [4.69, 9.17) is 0 Å². The van der Waals surface area contributed by atoms with Gasteiger partial charge in [0.05, 0.1) is 0 Å². The first-order chi connectivity index (χ1) is 9.74. The molecule has 2 aromatic rings. The Hall–Kier alpha value is -2.17. The molecule has 20 heavy (non-hydrogen) atoms. The first-order valence-corrected chi connectivity index (χ1v) is 6.74. The van der Waals surface area contributed by atoms with Crippen molar-refractivity contribution in [2.45, 2.75) is 26.3 Å². The van der Waals surface area contributed by atoms with Gasteiger partial charge in [-0.15, -0.1) is 0 Å². The summed E-state index contributed by atoms with van der Waals surface area (Å²) in [4.78, 5) is 8.51. The maximum atomic E-state index is 13.1. The molecular weight excluding hydrogens is 255 g/mol. The molecule has 1 aromatic carbocycles. The predicted molar refractivity (Wildman–Crippen MR) is 79.3 cm³/mol. The van der Waals surface area contributed by atoms with Gasteiger partial charge in [0, 0.05) is 19.2 Å². The first kappa shape index (κ1) is 14.2. The highest BCUT2D eigenvalue weighted by Crippen LogP contribution is 2.21. The molecule has 0 saturated heterocycles. The molecule has 1 heterocycles. The number of nitrogens with zero attached hydrogens (tertiary/aromatic N) is 2. The lowest BCUT2D eigenvalue weighted by Gasteiger charge is -2.13. The highest BCUT2D eigenvalue weighted by molar-refractivity contribution is 5.57. The van der Waals surface area contributed by atoms with Crippen molar-refractivity contribution in [1.82, 2.24) is 9.97 Å². The van der Waals surface area contributed by atoms with Gasteiger partial charge in [-0.1, -0.05) is 25.5 Å². The molecule has 4 nitrogen and oxygen atoms in total. The number of anilines is 2. The molecule has 2 rings (SSSR count). The summed E-state index contributed by atoms with van der Waals surface area (Å²) in [6, 6.07) is 6.55. The van der Waals surface area contributed by atoms with Crippen molar-refractivity contribution in [3.05, 3.63) is 47.5 Å². The van der Waals surface area contributed by atoms with Gasteiger partial charge in [0.15, 0.2) is 0 Å².